The Kier molecular flexibility index (Phi) is 4.21. The number of fused-ring (bicyclic) bond motifs is 1. The van der Waals surface area contributed by atoms with E-state index in [1.165, 1.54) is 12.8 Å². The highest BCUT2D eigenvalue weighted by atomic mass is 79.9. The van der Waals surface area contributed by atoms with Crippen LogP contribution in [-0.4, -0.2) is 33.4 Å². The third kappa shape index (κ3) is 2.67. The van der Waals surface area contributed by atoms with Crippen LogP contribution in [0.15, 0.2) is 23.1 Å². The summed E-state index contributed by atoms with van der Waals surface area (Å²) < 4.78 is 8.68. The molecule has 0 saturated carbocycles. The fourth-order valence-corrected chi connectivity index (χ4v) is 3.19. The highest BCUT2D eigenvalue weighted by Crippen LogP contribution is 2.26. The molecule has 0 bridgehead atoms. The first kappa shape index (κ1) is 13.8. The molecule has 1 fully saturated rings. The van der Waals surface area contributed by atoms with Gasteiger partial charge in [-0.25, -0.2) is 9.50 Å². The summed E-state index contributed by atoms with van der Waals surface area (Å²) in [5.41, 5.74) is 0.974. The molecule has 1 N–H and O–H groups in total. The minimum absolute atomic E-state index is 0.275. The average molecular weight is 339 g/mol. The van der Waals surface area contributed by atoms with Gasteiger partial charge in [0.25, 0.3) is 0 Å². The molecule has 1 saturated heterocycles. The Balaban J connectivity index is 1.85. The molecule has 20 heavy (non-hydrogen) atoms. The van der Waals surface area contributed by atoms with Gasteiger partial charge in [-0.15, -0.1) is 0 Å². The number of halogens is 1. The molecule has 1 aliphatic heterocycles. The lowest BCUT2D eigenvalue weighted by molar-refractivity contribution is 0.00398. The second kappa shape index (κ2) is 6.10. The molecule has 0 aromatic carbocycles. The molecular formula is C14H19BrN4O. The number of nitrogens with zero attached hydrogens (tertiary/aromatic N) is 3. The van der Waals surface area contributed by atoms with E-state index in [0.29, 0.717) is 0 Å². The van der Waals surface area contributed by atoms with Gasteiger partial charge in [0, 0.05) is 19.0 Å². The molecule has 108 valence electrons. The van der Waals surface area contributed by atoms with Crippen LogP contribution in [-0.2, 0) is 4.74 Å². The maximum absolute atomic E-state index is 5.90. The van der Waals surface area contributed by atoms with Gasteiger partial charge in [0.2, 0.25) is 0 Å². The van der Waals surface area contributed by atoms with Gasteiger partial charge in [0.15, 0.2) is 5.82 Å². The normalized spacial score (nSPS) is 21.0. The van der Waals surface area contributed by atoms with Gasteiger partial charge in [0.1, 0.15) is 5.52 Å². The van der Waals surface area contributed by atoms with Crippen molar-refractivity contribution in [3.05, 3.63) is 23.1 Å². The third-order valence-corrected chi connectivity index (χ3v) is 4.39. The maximum Gasteiger partial charge on any atom is 0.153 e. The van der Waals surface area contributed by atoms with E-state index in [-0.39, 0.29) is 12.1 Å². The molecule has 3 heterocycles. The predicted molar refractivity (Wildman–Crippen MR) is 82.0 cm³/mol. The number of hydrogen-bond acceptors (Lipinski definition) is 4. The number of rotatable bonds is 4. The van der Waals surface area contributed by atoms with Crippen molar-refractivity contribution in [2.24, 2.45) is 0 Å². The molecule has 0 spiro atoms. The molecule has 2 aromatic heterocycles. The quantitative estimate of drug-likeness (QED) is 0.929. The minimum atomic E-state index is 0.275. The predicted octanol–water partition coefficient (Wildman–Crippen LogP) is 3.25. The van der Waals surface area contributed by atoms with Crippen LogP contribution in [0.4, 0.5) is 5.82 Å². The van der Waals surface area contributed by atoms with Crippen molar-refractivity contribution in [3.63, 3.8) is 0 Å². The van der Waals surface area contributed by atoms with E-state index >= 15 is 0 Å². The van der Waals surface area contributed by atoms with Crippen LogP contribution in [0.5, 0.6) is 0 Å². The number of hydrogen-bond donors (Lipinski definition) is 1. The van der Waals surface area contributed by atoms with Gasteiger partial charge in [0.05, 0.1) is 22.8 Å². The van der Waals surface area contributed by atoms with Crippen LogP contribution in [0.25, 0.3) is 5.52 Å². The summed E-state index contributed by atoms with van der Waals surface area (Å²) in [6, 6.07) is 0.288. The summed E-state index contributed by atoms with van der Waals surface area (Å²) in [7, 11) is 0. The van der Waals surface area contributed by atoms with Crippen LogP contribution in [0, 0.1) is 0 Å². The lowest BCUT2D eigenvalue weighted by atomic mass is 10.00. The van der Waals surface area contributed by atoms with Gasteiger partial charge in [-0.1, -0.05) is 6.92 Å². The van der Waals surface area contributed by atoms with Crippen LogP contribution in [0.3, 0.4) is 0 Å². The fraction of sp³-hybridized carbons (Fsp3) is 0.571. The van der Waals surface area contributed by atoms with Crippen LogP contribution < -0.4 is 5.32 Å². The monoisotopic (exact) mass is 338 g/mol. The molecule has 5 nitrogen and oxygen atoms in total. The molecule has 0 radical (unpaired) electrons. The molecule has 2 unspecified atom stereocenters. The van der Waals surface area contributed by atoms with Crippen LogP contribution in [0.2, 0.25) is 0 Å². The average Bonchev–Trinajstić information content (AvgIpc) is 2.88. The van der Waals surface area contributed by atoms with Gasteiger partial charge in [-0.3, -0.25) is 0 Å². The molecule has 6 heteroatoms. The van der Waals surface area contributed by atoms with Crippen molar-refractivity contribution < 1.29 is 4.74 Å². The van der Waals surface area contributed by atoms with Crippen molar-refractivity contribution in [1.29, 1.82) is 0 Å². The van der Waals surface area contributed by atoms with E-state index in [0.717, 1.165) is 35.3 Å². The summed E-state index contributed by atoms with van der Waals surface area (Å²) in [6.45, 7) is 3.05. The van der Waals surface area contributed by atoms with Gasteiger partial charge in [-0.05, 0) is 41.6 Å². The molecule has 2 aromatic rings. The topological polar surface area (TPSA) is 51.5 Å². The first-order chi connectivity index (χ1) is 9.79. The Morgan fingerprint density at radius 3 is 3.20 bits per heavy atom. The highest BCUT2D eigenvalue weighted by molar-refractivity contribution is 9.10. The number of anilines is 1. The van der Waals surface area contributed by atoms with Crippen LogP contribution >= 0.6 is 15.9 Å². The lowest BCUT2D eigenvalue weighted by Crippen LogP contribution is -2.37. The molecule has 2 atom stereocenters. The summed E-state index contributed by atoms with van der Waals surface area (Å²) in [5, 5.41) is 7.82. The van der Waals surface area contributed by atoms with E-state index in [4.69, 9.17) is 4.74 Å². The molecule has 0 amide bonds. The Bertz CT molecular complexity index is 580. The minimum Gasteiger partial charge on any atom is -0.376 e. The van der Waals surface area contributed by atoms with E-state index in [1.807, 2.05) is 10.7 Å². The first-order valence-corrected chi connectivity index (χ1v) is 7.95. The lowest BCUT2D eigenvalue weighted by Gasteiger charge is -2.30. The second-order valence-corrected chi connectivity index (χ2v) is 5.98. The molecular weight excluding hydrogens is 320 g/mol. The first-order valence-electron chi connectivity index (χ1n) is 7.15. The van der Waals surface area contributed by atoms with Gasteiger partial charge < -0.3 is 10.1 Å². The van der Waals surface area contributed by atoms with Gasteiger partial charge >= 0.3 is 0 Å². The fourth-order valence-electron chi connectivity index (χ4n) is 2.73. The Morgan fingerprint density at radius 2 is 2.45 bits per heavy atom. The SMILES string of the molecule is CCC(Nc1nccn2ncc(Br)c12)C1CCCCO1. The number of ether oxygens (including phenoxy) is 1. The zero-order chi connectivity index (χ0) is 13.9. The number of nitrogens with one attached hydrogen (secondary N) is 1. The van der Waals surface area contributed by atoms with Crippen molar-refractivity contribution in [3.8, 4) is 0 Å². The summed E-state index contributed by atoms with van der Waals surface area (Å²) in [6.07, 6.45) is 10.2. The van der Waals surface area contributed by atoms with Crippen molar-refractivity contribution in [2.45, 2.75) is 44.8 Å². The maximum atomic E-state index is 5.90. The smallest absolute Gasteiger partial charge is 0.153 e. The summed E-state index contributed by atoms with van der Waals surface area (Å²) in [4.78, 5) is 4.47. The second-order valence-electron chi connectivity index (χ2n) is 5.13. The standard InChI is InChI=1S/C14H19BrN4O/c1-2-11(12-5-3-4-8-20-12)18-14-13-10(15)9-17-19(13)7-6-16-14/h6-7,9,11-12H,2-5,8H2,1H3,(H,16,18). The Hall–Kier alpha value is -1.14. The highest BCUT2D eigenvalue weighted by Gasteiger charge is 2.24. The largest absolute Gasteiger partial charge is 0.376 e. The van der Waals surface area contributed by atoms with E-state index in [1.54, 1.807) is 12.4 Å². The van der Waals surface area contributed by atoms with E-state index in [9.17, 15) is 0 Å². The molecule has 3 rings (SSSR count). The Morgan fingerprint density at radius 1 is 1.55 bits per heavy atom. The van der Waals surface area contributed by atoms with Crippen molar-refractivity contribution in [1.82, 2.24) is 14.6 Å². The molecule has 1 aliphatic rings. The van der Waals surface area contributed by atoms with E-state index < -0.39 is 0 Å². The van der Waals surface area contributed by atoms with Crippen molar-refractivity contribution >= 4 is 27.3 Å². The molecule has 0 aliphatic carbocycles. The zero-order valence-corrected chi connectivity index (χ0v) is 13.1. The third-order valence-electron chi connectivity index (χ3n) is 3.81. The van der Waals surface area contributed by atoms with Crippen LogP contribution in [0.1, 0.15) is 32.6 Å². The summed E-state index contributed by atoms with van der Waals surface area (Å²) in [5.74, 6) is 0.859. The zero-order valence-electron chi connectivity index (χ0n) is 11.6. The van der Waals surface area contributed by atoms with E-state index in [2.05, 4.69) is 38.3 Å². The Labute approximate surface area is 126 Å². The van der Waals surface area contributed by atoms with Gasteiger partial charge in [-0.2, -0.15) is 5.10 Å². The number of aromatic nitrogens is 3. The van der Waals surface area contributed by atoms with Crippen molar-refractivity contribution in [2.75, 3.05) is 11.9 Å². The summed E-state index contributed by atoms with van der Waals surface area (Å²) >= 11 is 3.53.